The zero-order valence-corrected chi connectivity index (χ0v) is 14.6. The first-order valence-corrected chi connectivity index (χ1v) is 8.40. The lowest BCUT2D eigenvalue weighted by molar-refractivity contribution is -0.131. The molecule has 0 radical (unpaired) electrons. The number of rotatable bonds is 0. The van der Waals surface area contributed by atoms with Gasteiger partial charge in [0.2, 0.25) is 0 Å². The Kier molecular flexibility index (Phi) is 3.20. The summed E-state index contributed by atoms with van der Waals surface area (Å²) in [5, 5.41) is 3.85. The van der Waals surface area contributed by atoms with Gasteiger partial charge in [0.1, 0.15) is 5.75 Å². The number of Topliss-reactive ketones (excluding diaryl/α,β-unsaturated/α-hetero) is 1. The quantitative estimate of drug-likeness (QED) is 0.574. The third-order valence-corrected chi connectivity index (χ3v) is 5.18. The molecule has 1 aliphatic carbocycles. The summed E-state index contributed by atoms with van der Waals surface area (Å²) in [5.41, 5.74) is 3.57. The van der Waals surface area contributed by atoms with Crippen molar-refractivity contribution in [2.24, 2.45) is 5.41 Å². The van der Waals surface area contributed by atoms with Crippen molar-refractivity contribution in [1.29, 1.82) is 0 Å². The molecule has 1 unspecified atom stereocenters. The lowest BCUT2D eigenvalue weighted by atomic mass is 9.68. The van der Waals surface area contributed by atoms with Crippen molar-refractivity contribution in [3.05, 3.63) is 51.3 Å². The van der Waals surface area contributed by atoms with E-state index >= 15 is 0 Å². The lowest BCUT2D eigenvalue weighted by Gasteiger charge is -2.41. The Labute approximate surface area is 145 Å². The predicted octanol–water partition coefficient (Wildman–Crippen LogP) is 3.86. The van der Waals surface area contributed by atoms with Gasteiger partial charge in [-0.25, -0.2) is 4.79 Å². The van der Waals surface area contributed by atoms with Gasteiger partial charge in [-0.05, 0) is 37.0 Å². The van der Waals surface area contributed by atoms with Gasteiger partial charge in [0, 0.05) is 34.0 Å². The van der Waals surface area contributed by atoms with Gasteiger partial charge >= 0.3 is 5.97 Å². The Morgan fingerprint density at radius 2 is 1.96 bits per heavy atom. The first kappa shape index (κ1) is 15.5. The van der Waals surface area contributed by atoms with Gasteiger partial charge in [-0.3, -0.25) is 4.79 Å². The van der Waals surface area contributed by atoms with Gasteiger partial charge < -0.3 is 10.1 Å². The van der Waals surface area contributed by atoms with Gasteiger partial charge in [0.05, 0.1) is 11.5 Å². The Morgan fingerprint density at radius 1 is 1.21 bits per heavy atom. The second-order valence-corrected chi connectivity index (χ2v) is 7.94. The molecule has 0 fully saturated rings. The van der Waals surface area contributed by atoms with E-state index in [0.29, 0.717) is 28.3 Å². The number of carbonyl (C=O) groups is 2. The Hall–Kier alpha value is -2.07. The molecule has 0 spiro atoms. The highest BCUT2D eigenvalue weighted by Crippen LogP contribution is 2.50. The molecule has 0 aromatic heterocycles. The maximum Gasteiger partial charge on any atom is 0.342 e. The van der Waals surface area contributed by atoms with Crippen molar-refractivity contribution in [1.82, 2.24) is 5.32 Å². The molecule has 1 aromatic rings. The minimum atomic E-state index is -0.399. The van der Waals surface area contributed by atoms with Crippen LogP contribution in [0.3, 0.4) is 0 Å². The molecule has 5 heteroatoms. The van der Waals surface area contributed by atoms with Crippen LogP contribution in [-0.4, -0.2) is 11.8 Å². The molecule has 1 N–H and O–H groups in total. The Balaban J connectivity index is 1.96. The van der Waals surface area contributed by atoms with E-state index in [0.717, 1.165) is 23.4 Å². The summed E-state index contributed by atoms with van der Waals surface area (Å²) in [6, 6.07) is 5.18. The number of halogens is 1. The number of carbonyl (C=O) groups excluding carboxylic acids is 2. The van der Waals surface area contributed by atoms with Gasteiger partial charge in [-0.2, -0.15) is 0 Å². The maximum atomic E-state index is 12.9. The highest BCUT2D eigenvalue weighted by atomic mass is 35.5. The van der Waals surface area contributed by atoms with Crippen LogP contribution in [0.2, 0.25) is 5.02 Å². The van der Waals surface area contributed by atoms with E-state index in [2.05, 4.69) is 19.2 Å². The van der Waals surface area contributed by atoms with Gasteiger partial charge in [-0.15, -0.1) is 0 Å². The summed E-state index contributed by atoms with van der Waals surface area (Å²) in [5.74, 6) is -0.217. The molecule has 4 rings (SSSR count). The van der Waals surface area contributed by atoms with Gasteiger partial charge in [0.15, 0.2) is 5.78 Å². The Morgan fingerprint density at radius 3 is 2.71 bits per heavy atom. The number of fused-ring (bicyclic) bond motifs is 4. The number of nitrogens with one attached hydrogen (secondary N) is 1. The first-order valence-electron chi connectivity index (χ1n) is 8.02. The van der Waals surface area contributed by atoms with E-state index in [1.807, 2.05) is 6.92 Å². The smallest absolute Gasteiger partial charge is 0.342 e. The largest absolute Gasteiger partial charge is 0.423 e. The fraction of sp³-hybridized carbons (Fsp3) is 0.368. The number of dihydropyridines is 1. The first-order chi connectivity index (χ1) is 11.3. The molecule has 1 aromatic carbocycles. The van der Waals surface area contributed by atoms with Crippen molar-refractivity contribution in [3.63, 3.8) is 0 Å². The maximum absolute atomic E-state index is 12.9. The molecule has 4 nitrogen and oxygen atoms in total. The van der Waals surface area contributed by atoms with Crippen LogP contribution in [0.4, 0.5) is 0 Å². The highest BCUT2D eigenvalue weighted by molar-refractivity contribution is 6.30. The number of allylic oxidation sites excluding steroid dienone is 3. The molecule has 124 valence electrons. The average Bonchev–Trinajstić information content (AvgIpc) is 2.45. The average molecular weight is 344 g/mol. The van der Waals surface area contributed by atoms with E-state index in [9.17, 15) is 9.59 Å². The number of hydrogen-bond acceptors (Lipinski definition) is 4. The van der Waals surface area contributed by atoms with E-state index in [4.69, 9.17) is 16.3 Å². The summed E-state index contributed by atoms with van der Waals surface area (Å²) in [6.07, 6.45) is 1.25. The molecule has 2 aliphatic heterocycles. The molecule has 0 saturated heterocycles. The van der Waals surface area contributed by atoms with Crippen molar-refractivity contribution >= 4 is 23.4 Å². The fourth-order valence-corrected chi connectivity index (χ4v) is 4.19. The second kappa shape index (κ2) is 4.96. The SMILES string of the molecule is CC1=C2C(=O)Oc3ccc(Cl)cc3C2C2=C(CC(C)(C)CC2=O)N1. The number of ketones is 1. The Bertz CT molecular complexity index is 863. The zero-order chi connectivity index (χ0) is 17.2. The number of esters is 1. The van der Waals surface area contributed by atoms with E-state index in [1.165, 1.54) is 0 Å². The molecule has 3 aliphatic rings. The molecule has 0 bridgehead atoms. The topological polar surface area (TPSA) is 55.4 Å². The second-order valence-electron chi connectivity index (χ2n) is 7.50. The van der Waals surface area contributed by atoms with Crippen LogP contribution in [0.1, 0.15) is 45.1 Å². The van der Waals surface area contributed by atoms with Crippen LogP contribution in [0.25, 0.3) is 0 Å². The standard InChI is InChI=1S/C19H18ClNO3/c1-9-15-16(11-6-10(20)4-5-14(11)24-18(15)23)17-12(21-9)7-19(2,3)8-13(17)22/h4-6,16,21H,7-8H2,1-3H3. The van der Waals surface area contributed by atoms with Crippen LogP contribution >= 0.6 is 11.6 Å². The van der Waals surface area contributed by atoms with Gasteiger partial charge in [0.25, 0.3) is 0 Å². The molecular formula is C19H18ClNO3. The number of ether oxygens (including phenoxy) is 1. The van der Waals surface area contributed by atoms with E-state index in [-0.39, 0.29) is 17.1 Å². The summed E-state index contributed by atoms with van der Waals surface area (Å²) >= 11 is 6.16. The van der Waals surface area contributed by atoms with Crippen LogP contribution in [0, 0.1) is 5.41 Å². The molecule has 0 amide bonds. The van der Waals surface area contributed by atoms with E-state index in [1.54, 1.807) is 18.2 Å². The van der Waals surface area contributed by atoms with Crippen LogP contribution in [0.5, 0.6) is 5.75 Å². The molecule has 24 heavy (non-hydrogen) atoms. The number of benzene rings is 1. The summed E-state index contributed by atoms with van der Waals surface area (Å²) in [6.45, 7) is 6.03. The van der Waals surface area contributed by atoms with Crippen LogP contribution < -0.4 is 10.1 Å². The van der Waals surface area contributed by atoms with Crippen LogP contribution in [0.15, 0.2) is 40.7 Å². The van der Waals surface area contributed by atoms with Crippen molar-refractivity contribution in [3.8, 4) is 5.75 Å². The van der Waals surface area contributed by atoms with Crippen molar-refractivity contribution < 1.29 is 14.3 Å². The predicted molar refractivity (Wildman–Crippen MR) is 90.7 cm³/mol. The summed E-state index contributed by atoms with van der Waals surface area (Å²) in [7, 11) is 0. The minimum absolute atomic E-state index is 0.0874. The zero-order valence-electron chi connectivity index (χ0n) is 13.8. The molecule has 1 atom stereocenters. The van der Waals surface area contributed by atoms with Crippen molar-refractivity contribution in [2.75, 3.05) is 0 Å². The molecular weight excluding hydrogens is 326 g/mol. The van der Waals surface area contributed by atoms with Gasteiger partial charge in [-0.1, -0.05) is 25.4 Å². The third kappa shape index (κ3) is 2.20. The highest BCUT2D eigenvalue weighted by Gasteiger charge is 2.46. The molecule has 2 heterocycles. The minimum Gasteiger partial charge on any atom is -0.423 e. The fourth-order valence-electron chi connectivity index (χ4n) is 4.01. The normalized spacial score (nSPS) is 24.8. The summed E-state index contributed by atoms with van der Waals surface area (Å²) < 4.78 is 5.45. The van der Waals surface area contributed by atoms with Crippen molar-refractivity contribution in [2.45, 2.75) is 39.5 Å². The third-order valence-electron chi connectivity index (χ3n) is 4.95. The van der Waals surface area contributed by atoms with E-state index < -0.39 is 5.97 Å². The summed E-state index contributed by atoms with van der Waals surface area (Å²) in [4.78, 5) is 25.4. The number of hydrogen-bond donors (Lipinski definition) is 1. The van der Waals surface area contributed by atoms with Crippen LogP contribution in [-0.2, 0) is 9.59 Å². The molecule has 0 saturated carbocycles. The monoisotopic (exact) mass is 343 g/mol. The lowest BCUT2D eigenvalue weighted by Crippen LogP contribution is -2.40.